The SMILES string of the molecule is Cl.Cl.NCCCOC1CCN(C(=O)c2cnc(-c3ccccc3F)s2)CC1. The number of carbonyl (C=O) groups excluding carboxylic acids is 1. The Balaban J connectivity index is 0.00000182. The van der Waals surface area contributed by atoms with Gasteiger partial charge in [0.25, 0.3) is 5.91 Å². The van der Waals surface area contributed by atoms with Gasteiger partial charge in [-0.15, -0.1) is 36.2 Å². The number of benzene rings is 1. The van der Waals surface area contributed by atoms with Crippen LogP contribution in [-0.2, 0) is 4.74 Å². The van der Waals surface area contributed by atoms with Crippen molar-refractivity contribution in [1.82, 2.24) is 9.88 Å². The maximum absolute atomic E-state index is 13.9. The summed E-state index contributed by atoms with van der Waals surface area (Å²) in [5.41, 5.74) is 5.89. The fraction of sp³-hybridized carbons (Fsp3) is 0.444. The number of ether oxygens (including phenoxy) is 1. The van der Waals surface area contributed by atoms with E-state index in [1.165, 1.54) is 17.4 Å². The molecule has 1 amide bonds. The van der Waals surface area contributed by atoms with E-state index in [1.54, 1.807) is 24.4 Å². The first-order chi connectivity index (χ1) is 12.2. The zero-order valence-corrected chi connectivity index (χ0v) is 17.3. The zero-order chi connectivity index (χ0) is 17.6. The third-order valence-electron chi connectivity index (χ3n) is 4.25. The van der Waals surface area contributed by atoms with E-state index in [4.69, 9.17) is 10.5 Å². The molecule has 0 spiro atoms. The van der Waals surface area contributed by atoms with E-state index < -0.39 is 0 Å². The van der Waals surface area contributed by atoms with Gasteiger partial charge in [-0.05, 0) is 37.9 Å². The van der Waals surface area contributed by atoms with Crippen molar-refractivity contribution in [1.29, 1.82) is 0 Å². The van der Waals surface area contributed by atoms with Gasteiger partial charge >= 0.3 is 0 Å². The lowest BCUT2D eigenvalue weighted by Crippen LogP contribution is -2.40. The number of piperidine rings is 1. The topological polar surface area (TPSA) is 68.5 Å². The van der Waals surface area contributed by atoms with Crippen LogP contribution >= 0.6 is 36.2 Å². The molecule has 0 radical (unpaired) electrons. The van der Waals surface area contributed by atoms with Gasteiger partial charge in [0.05, 0.1) is 12.3 Å². The van der Waals surface area contributed by atoms with Crippen molar-refractivity contribution < 1.29 is 13.9 Å². The second-order valence-corrected chi connectivity index (χ2v) is 7.04. The Morgan fingerprint density at radius 2 is 2.00 bits per heavy atom. The first kappa shape index (κ1) is 23.8. The lowest BCUT2D eigenvalue weighted by Gasteiger charge is -2.31. The van der Waals surface area contributed by atoms with E-state index in [2.05, 4.69) is 4.98 Å². The Bertz CT molecular complexity index is 724. The molecule has 0 unspecified atom stereocenters. The van der Waals surface area contributed by atoms with Gasteiger partial charge in [-0.25, -0.2) is 9.37 Å². The summed E-state index contributed by atoms with van der Waals surface area (Å²) in [6, 6.07) is 6.47. The van der Waals surface area contributed by atoms with Crippen LogP contribution in [0, 0.1) is 5.82 Å². The molecule has 3 rings (SSSR count). The fourth-order valence-electron chi connectivity index (χ4n) is 2.85. The Morgan fingerprint density at radius 1 is 1.30 bits per heavy atom. The number of likely N-dealkylation sites (tertiary alicyclic amines) is 1. The van der Waals surface area contributed by atoms with Gasteiger partial charge in [-0.3, -0.25) is 4.79 Å². The highest BCUT2D eigenvalue weighted by Crippen LogP contribution is 2.28. The highest BCUT2D eigenvalue weighted by molar-refractivity contribution is 7.16. The average Bonchev–Trinajstić information content (AvgIpc) is 3.12. The minimum absolute atomic E-state index is 0. The quantitative estimate of drug-likeness (QED) is 0.701. The maximum Gasteiger partial charge on any atom is 0.265 e. The van der Waals surface area contributed by atoms with Gasteiger partial charge in [-0.2, -0.15) is 0 Å². The molecule has 2 heterocycles. The van der Waals surface area contributed by atoms with Crippen molar-refractivity contribution in [2.24, 2.45) is 5.73 Å². The standard InChI is InChI=1S/C18H22FN3O2S.2ClH/c19-15-5-2-1-4-14(15)17-21-12-16(25-17)18(23)22-9-6-13(7-10-22)24-11-3-8-20;;/h1-2,4-5,12-13H,3,6-11,20H2;2*1H. The number of hydrogen-bond donors (Lipinski definition) is 1. The molecule has 1 saturated heterocycles. The third-order valence-corrected chi connectivity index (χ3v) is 5.27. The van der Waals surface area contributed by atoms with Gasteiger partial charge in [0.15, 0.2) is 0 Å². The molecular formula is C18H24Cl2FN3O2S. The molecule has 0 atom stereocenters. The zero-order valence-electron chi connectivity index (χ0n) is 14.8. The minimum atomic E-state index is -0.328. The molecule has 1 fully saturated rings. The summed E-state index contributed by atoms with van der Waals surface area (Å²) in [4.78, 5) is 19.2. The van der Waals surface area contributed by atoms with E-state index in [0.717, 1.165) is 19.3 Å². The second kappa shape index (κ2) is 11.6. The first-order valence-corrected chi connectivity index (χ1v) is 9.32. The summed E-state index contributed by atoms with van der Waals surface area (Å²) < 4.78 is 19.6. The van der Waals surface area contributed by atoms with Crippen LogP contribution in [0.3, 0.4) is 0 Å². The van der Waals surface area contributed by atoms with Crippen molar-refractivity contribution in [3.8, 4) is 10.6 Å². The Morgan fingerprint density at radius 3 is 2.67 bits per heavy atom. The molecule has 0 saturated carbocycles. The fourth-order valence-corrected chi connectivity index (χ4v) is 3.76. The molecule has 1 aliphatic heterocycles. The van der Waals surface area contributed by atoms with Gasteiger partial charge in [0.1, 0.15) is 15.7 Å². The van der Waals surface area contributed by atoms with Crippen LogP contribution in [0.1, 0.15) is 28.9 Å². The molecule has 0 bridgehead atoms. The van der Waals surface area contributed by atoms with E-state index >= 15 is 0 Å². The summed E-state index contributed by atoms with van der Waals surface area (Å²) >= 11 is 1.23. The van der Waals surface area contributed by atoms with Crippen molar-refractivity contribution in [2.75, 3.05) is 26.2 Å². The van der Waals surface area contributed by atoms with Crippen LogP contribution in [0.15, 0.2) is 30.5 Å². The van der Waals surface area contributed by atoms with E-state index in [0.29, 0.717) is 41.7 Å². The van der Waals surface area contributed by atoms with E-state index in [-0.39, 0.29) is 42.6 Å². The summed E-state index contributed by atoms with van der Waals surface area (Å²) in [6.07, 6.45) is 4.26. The van der Waals surface area contributed by atoms with Gasteiger partial charge in [0, 0.05) is 25.3 Å². The molecule has 5 nitrogen and oxygen atoms in total. The number of thiazole rings is 1. The summed E-state index contributed by atoms with van der Waals surface area (Å²) in [5.74, 6) is -0.369. The van der Waals surface area contributed by atoms with Gasteiger partial charge in [-0.1, -0.05) is 12.1 Å². The molecule has 2 N–H and O–H groups in total. The Labute approximate surface area is 174 Å². The molecule has 1 aromatic carbocycles. The lowest BCUT2D eigenvalue weighted by atomic mass is 10.1. The first-order valence-electron chi connectivity index (χ1n) is 8.50. The number of hydrogen-bond acceptors (Lipinski definition) is 5. The molecule has 27 heavy (non-hydrogen) atoms. The minimum Gasteiger partial charge on any atom is -0.378 e. The molecule has 1 aromatic heterocycles. The van der Waals surface area contributed by atoms with Crippen molar-refractivity contribution in [3.05, 3.63) is 41.2 Å². The molecule has 1 aliphatic rings. The number of amides is 1. The van der Waals surface area contributed by atoms with Crippen LogP contribution in [0.2, 0.25) is 0 Å². The molecule has 0 aliphatic carbocycles. The Hall–Kier alpha value is -1.25. The smallest absolute Gasteiger partial charge is 0.265 e. The highest BCUT2D eigenvalue weighted by atomic mass is 35.5. The highest BCUT2D eigenvalue weighted by Gasteiger charge is 2.25. The number of nitrogens with two attached hydrogens (primary N) is 1. The summed E-state index contributed by atoms with van der Waals surface area (Å²) in [6.45, 7) is 2.64. The van der Waals surface area contributed by atoms with Gasteiger partial charge < -0.3 is 15.4 Å². The number of halogens is 3. The third kappa shape index (κ3) is 6.12. The monoisotopic (exact) mass is 435 g/mol. The molecule has 2 aromatic rings. The Kier molecular flexibility index (Phi) is 10.2. The largest absolute Gasteiger partial charge is 0.378 e. The van der Waals surface area contributed by atoms with Crippen LogP contribution in [0.5, 0.6) is 0 Å². The molecule has 9 heteroatoms. The van der Waals surface area contributed by atoms with Crippen LogP contribution in [0.25, 0.3) is 10.6 Å². The van der Waals surface area contributed by atoms with Crippen molar-refractivity contribution in [3.63, 3.8) is 0 Å². The van der Waals surface area contributed by atoms with Crippen molar-refractivity contribution >= 4 is 42.1 Å². The number of carbonyl (C=O) groups is 1. The predicted octanol–water partition coefficient (Wildman–Crippen LogP) is 3.76. The molecule has 150 valence electrons. The van der Waals surface area contributed by atoms with Crippen molar-refractivity contribution in [2.45, 2.75) is 25.4 Å². The number of nitrogens with zero attached hydrogens (tertiary/aromatic N) is 2. The average molecular weight is 436 g/mol. The molecular weight excluding hydrogens is 412 g/mol. The van der Waals surface area contributed by atoms with Crippen LogP contribution in [-0.4, -0.2) is 48.1 Å². The second-order valence-electron chi connectivity index (χ2n) is 6.01. The normalized spacial score (nSPS) is 14.4. The predicted molar refractivity (Wildman–Crippen MR) is 111 cm³/mol. The number of rotatable bonds is 6. The summed E-state index contributed by atoms with van der Waals surface area (Å²) in [7, 11) is 0. The van der Waals surface area contributed by atoms with Crippen LogP contribution < -0.4 is 5.73 Å². The maximum atomic E-state index is 13.9. The van der Waals surface area contributed by atoms with Gasteiger partial charge in [0.2, 0.25) is 0 Å². The van der Waals surface area contributed by atoms with Crippen LogP contribution in [0.4, 0.5) is 4.39 Å². The lowest BCUT2D eigenvalue weighted by molar-refractivity contribution is 0.00857. The number of aromatic nitrogens is 1. The van der Waals surface area contributed by atoms with E-state index in [1.807, 2.05) is 4.90 Å². The summed E-state index contributed by atoms with van der Waals surface area (Å²) in [5, 5.41) is 0.529. The van der Waals surface area contributed by atoms with E-state index in [9.17, 15) is 9.18 Å².